The third-order valence-electron chi connectivity index (χ3n) is 5.79. The molecular weight excluding hydrogens is 372 g/mol. The van der Waals surface area contributed by atoms with Crippen LogP contribution in [0.15, 0.2) is 54.6 Å². The maximum Gasteiger partial charge on any atom is 0.255 e. The normalized spacial score (nSPS) is 14.3. The molecule has 1 aromatic heterocycles. The van der Waals surface area contributed by atoms with Crippen molar-refractivity contribution in [2.45, 2.75) is 39.5 Å². The Kier molecular flexibility index (Phi) is 6.07. The maximum absolute atomic E-state index is 12.5. The Hall–Kier alpha value is -3.21. The highest BCUT2D eigenvalue weighted by molar-refractivity contribution is 6.04. The molecule has 5 nitrogen and oxygen atoms in total. The van der Waals surface area contributed by atoms with Gasteiger partial charge in [-0.2, -0.15) is 0 Å². The number of aryl methyl sites for hydroxylation is 2. The lowest BCUT2D eigenvalue weighted by Gasteiger charge is -2.20. The highest BCUT2D eigenvalue weighted by atomic mass is 16.1. The zero-order chi connectivity index (χ0) is 20.9. The number of carbonyl (C=O) groups is 1. The predicted octanol–water partition coefficient (Wildman–Crippen LogP) is 5.39. The number of amides is 1. The molecule has 30 heavy (non-hydrogen) atoms. The highest BCUT2D eigenvalue weighted by Gasteiger charge is 2.12. The number of carbonyl (C=O) groups excluding carboxylic acids is 1. The van der Waals surface area contributed by atoms with E-state index in [4.69, 9.17) is 0 Å². The largest absolute Gasteiger partial charge is 0.355 e. The van der Waals surface area contributed by atoms with Crippen molar-refractivity contribution in [3.05, 3.63) is 71.3 Å². The number of aromatic nitrogens is 2. The molecule has 1 fully saturated rings. The van der Waals surface area contributed by atoms with E-state index in [1.807, 2.05) is 62.4 Å². The minimum atomic E-state index is -0.104. The summed E-state index contributed by atoms with van der Waals surface area (Å²) in [4.78, 5) is 14.8. The van der Waals surface area contributed by atoms with Crippen molar-refractivity contribution in [3.8, 4) is 11.3 Å². The first kappa shape index (κ1) is 20.1. The van der Waals surface area contributed by atoms with Crippen molar-refractivity contribution >= 4 is 17.4 Å². The summed E-state index contributed by atoms with van der Waals surface area (Å²) in [6.07, 6.45) is 5.04. The van der Waals surface area contributed by atoms with Crippen molar-refractivity contribution in [3.63, 3.8) is 0 Å². The molecule has 2 heterocycles. The molecule has 0 radical (unpaired) electrons. The minimum absolute atomic E-state index is 0.104. The molecule has 4 rings (SSSR count). The van der Waals surface area contributed by atoms with Crippen LogP contribution in [0, 0.1) is 13.8 Å². The van der Waals surface area contributed by atoms with E-state index in [0.29, 0.717) is 5.56 Å². The number of nitrogens with zero attached hydrogens (tertiary/aromatic N) is 3. The van der Waals surface area contributed by atoms with Crippen molar-refractivity contribution in [1.29, 1.82) is 0 Å². The predicted molar refractivity (Wildman–Crippen MR) is 122 cm³/mol. The van der Waals surface area contributed by atoms with Crippen LogP contribution < -0.4 is 10.2 Å². The number of hydrogen-bond donors (Lipinski definition) is 1. The topological polar surface area (TPSA) is 58.1 Å². The average molecular weight is 401 g/mol. The van der Waals surface area contributed by atoms with Gasteiger partial charge in [-0.1, -0.05) is 31.0 Å². The Morgan fingerprint density at radius 2 is 1.57 bits per heavy atom. The Bertz CT molecular complexity index is 1000. The smallest absolute Gasteiger partial charge is 0.255 e. The van der Waals surface area contributed by atoms with E-state index < -0.39 is 0 Å². The van der Waals surface area contributed by atoms with Gasteiger partial charge >= 0.3 is 0 Å². The van der Waals surface area contributed by atoms with Gasteiger partial charge in [-0.15, -0.1) is 10.2 Å². The molecule has 0 unspecified atom stereocenters. The van der Waals surface area contributed by atoms with Crippen LogP contribution in [0.4, 0.5) is 11.5 Å². The van der Waals surface area contributed by atoms with Gasteiger partial charge in [-0.25, -0.2) is 0 Å². The van der Waals surface area contributed by atoms with Crippen molar-refractivity contribution in [2.75, 3.05) is 23.3 Å². The van der Waals surface area contributed by atoms with E-state index in [1.165, 1.54) is 31.2 Å². The summed E-state index contributed by atoms with van der Waals surface area (Å²) in [7, 11) is 0. The lowest BCUT2D eigenvalue weighted by atomic mass is 10.1. The van der Waals surface area contributed by atoms with E-state index in [9.17, 15) is 4.79 Å². The second-order valence-electron chi connectivity index (χ2n) is 8.01. The van der Waals surface area contributed by atoms with Crippen molar-refractivity contribution in [1.82, 2.24) is 10.2 Å². The molecule has 0 spiro atoms. The number of rotatable bonds is 4. The molecule has 1 N–H and O–H groups in total. The fraction of sp³-hybridized carbons (Fsp3) is 0.320. The molecule has 1 aliphatic heterocycles. The van der Waals surface area contributed by atoms with Gasteiger partial charge in [-0.05, 0) is 74.2 Å². The summed E-state index contributed by atoms with van der Waals surface area (Å²) >= 11 is 0. The third kappa shape index (κ3) is 4.67. The fourth-order valence-corrected chi connectivity index (χ4v) is 3.76. The maximum atomic E-state index is 12.5. The van der Waals surface area contributed by atoms with Crippen LogP contribution >= 0.6 is 0 Å². The quantitative estimate of drug-likeness (QED) is 0.638. The Labute approximate surface area is 178 Å². The third-order valence-corrected chi connectivity index (χ3v) is 5.79. The van der Waals surface area contributed by atoms with E-state index in [-0.39, 0.29) is 5.91 Å². The van der Waals surface area contributed by atoms with Gasteiger partial charge in [0.25, 0.3) is 5.91 Å². The van der Waals surface area contributed by atoms with Gasteiger partial charge < -0.3 is 10.2 Å². The summed E-state index contributed by atoms with van der Waals surface area (Å²) < 4.78 is 0. The van der Waals surface area contributed by atoms with Crippen LogP contribution in [0.1, 0.15) is 47.2 Å². The molecule has 5 heteroatoms. The summed E-state index contributed by atoms with van der Waals surface area (Å²) in [5.41, 5.74) is 5.53. The van der Waals surface area contributed by atoms with E-state index in [0.717, 1.165) is 41.4 Å². The molecule has 154 valence electrons. The van der Waals surface area contributed by atoms with Gasteiger partial charge in [0.15, 0.2) is 5.82 Å². The first-order valence-corrected chi connectivity index (χ1v) is 10.7. The van der Waals surface area contributed by atoms with Crippen LogP contribution in [0.3, 0.4) is 0 Å². The van der Waals surface area contributed by atoms with Gasteiger partial charge in [0, 0.05) is 29.9 Å². The monoisotopic (exact) mass is 400 g/mol. The Morgan fingerprint density at radius 1 is 0.833 bits per heavy atom. The fourth-order valence-electron chi connectivity index (χ4n) is 3.76. The van der Waals surface area contributed by atoms with Gasteiger partial charge in [0.2, 0.25) is 0 Å². The van der Waals surface area contributed by atoms with Crippen LogP contribution in [0.2, 0.25) is 0 Å². The molecule has 0 atom stereocenters. The van der Waals surface area contributed by atoms with Gasteiger partial charge in [0.05, 0.1) is 5.69 Å². The first-order chi connectivity index (χ1) is 14.6. The van der Waals surface area contributed by atoms with E-state index in [1.54, 1.807) is 0 Å². The average Bonchev–Trinajstić information content (AvgIpc) is 3.06. The summed E-state index contributed by atoms with van der Waals surface area (Å²) in [6, 6.07) is 17.6. The van der Waals surface area contributed by atoms with Crippen LogP contribution in [-0.2, 0) is 0 Å². The minimum Gasteiger partial charge on any atom is -0.355 e. The molecule has 1 amide bonds. The number of nitrogens with one attached hydrogen (secondary N) is 1. The van der Waals surface area contributed by atoms with Crippen molar-refractivity contribution in [2.24, 2.45) is 0 Å². The molecule has 0 aliphatic carbocycles. The van der Waals surface area contributed by atoms with Gasteiger partial charge in [-0.3, -0.25) is 4.79 Å². The molecule has 1 saturated heterocycles. The lowest BCUT2D eigenvalue weighted by molar-refractivity contribution is 0.102. The zero-order valence-corrected chi connectivity index (χ0v) is 17.7. The molecular formula is C25H28N4O. The van der Waals surface area contributed by atoms with Crippen LogP contribution in [0.25, 0.3) is 11.3 Å². The second-order valence-corrected chi connectivity index (χ2v) is 8.01. The van der Waals surface area contributed by atoms with Gasteiger partial charge in [0.1, 0.15) is 0 Å². The van der Waals surface area contributed by atoms with Crippen LogP contribution in [-0.4, -0.2) is 29.2 Å². The Morgan fingerprint density at radius 3 is 2.20 bits per heavy atom. The number of anilines is 2. The molecule has 3 aromatic rings. The van der Waals surface area contributed by atoms with E-state index >= 15 is 0 Å². The van der Waals surface area contributed by atoms with Crippen molar-refractivity contribution < 1.29 is 4.79 Å². The Balaban J connectivity index is 1.42. The number of hydrogen-bond acceptors (Lipinski definition) is 4. The lowest BCUT2D eigenvalue weighted by Crippen LogP contribution is -2.25. The number of benzene rings is 2. The molecule has 2 aromatic carbocycles. The molecule has 1 aliphatic rings. The standard InChI is InChI=1S/C25H28N4O/c1-18-7-8-21(17-19(18)2)25(30)26-22-11-9-20(10-12-22)23-13-14-24(28-27-23)29-15-5-3-4-6-16-29/h7-14,17H,3-6,15-16H2,1-2H3,(H,26,30). The zero-order valence-electron chi connectivity index (χ0n) is 17.7. The summed E-state index contributed by atoms with van der Waals surface area (Å²) in [5, 5.41) is 11.8. The highest BCUT2D eigenvalue weighted by Crippen LogP contribution is 2.22. The summed E-state index contributed by atoms with van der Waals surface area (Å²) in [6.45, 7) is 6.17. The van der Waals surface area contributed by atoms with Crippen LogP contribution in [0.5, 0.6) is 0 Å². The second kappa shape index (κ2) is 9.08. The SMILES string of the molecule is Cc1ccc(C(=O)Nc2ccc(-c3ccc(N4CCCCCC4)nn3)cc2)cc1C. The molecule has 0 saturated carbocycles. The summed E-state index contributed by atoms with van der Waals surface area (Å²) in [5.74, 6) is 0.852. The first-order valence-electron chi connectivity index (χ1n) is 10.7. The van der Waals surface area contributed by atoms with E-state index in [2.05, 4.69) is 26.5 Å². The molecule has 0 bridgehead atoms.